The van der Waals surface area contributed by atoms with Gasteiger partial charge >= 0.3 is 5.97 Å². The molecule has 1 aromatic carbocycles. The van der Waals surface area contributed by atoms with Gasteiger partial charge in [0.1, 0.15) is 18.1 Å². The Kier molecular flexibility index (Phi) is 5.67. The van der Waals surface area contributed by atoms with Crippen molar-refractivity contribution in [1.29, 1.82) is 0 Å². The lowest BCUT2D eigenvalue weighted by atomic mass is 10.2. The van der Waals surface area contributed by atoms with Crippen LogP contribution in [0.4, 0.5) is 0 Å². The van der Waals surface area contributed by atoms with E-state index in [1.165, 1.54) is 18.7 Å². The summed E-state index contributed by atoms with van der Waals surface area (Å²) in [6.45, 7) is 1.54. The Morgan fingerprint density at radius 1 is 1.24 bits per heavy atom. The molecule has 2 heterocycles. The third-order valence-corrected chi connectivity index (χ3v) is 5.31. The Labute approximate surface area is 153 Å². The minimum Gasteiger partial charge on any atom is -0.455 e. The first kappa shape index (κ1) is 17.4. The molecule has 0 saturated carbocycles. The van der Waals surface area contributed by atoms with E-state index >= 15 is 0 Å². The number of benzene rings is 1. The largest absolute Gasteiger partial charge is 0.455 e. The van der Waals surface area contributed by atoms with Crippen LogP contribution in [-0.4, -0.2) is 22.7 Å². The van der Waals surface area contributed by atoms with Gasteiger partial charge in [-0.3, -0.25) is 4.79 Å². The molecule has 0 radical (unpaired) electrons. The maximum absolute atomic E-state index is 12.3. The predicted octanol–water partition coefficient (Wildman–Crippen LogP) is 4.44. The SMILES string of the molecule is CC(=O)CSc1ccccc1C(=O)OCc1cc(-c2cccs2)on1. The van der Waals surface area contributed by atoms with Gasteiger partial charge in [0, 0.05) is 11.0 Å². The van der Waals surface area contributed by atoms with Crippen LogP contribution in [0.1, 0.15) is 23.0 Å². The molecule has 0 aliphatic heterocycles. The van der Waals surface area contributed by atoms with Crippen molar-refractivity contribution < 1.29 is 18.8 Å². The van der Waals surface area contributed by atoms with Gasteiger partial charge in [-0.1, -0.05) is 23.4 Å². The number of ketones is 1. The number of Topliss-reactive ketones (excluding diaryl/α,β-unsaturated/α-hetero) is 1. The maximum Gasteiger partial charge on any atom is 0.339 e. The first-order valence-electron chi connectivity index (χ1n) is 7.51. The van der Waals surface area contributed by atoms with Crippen molar-refractivity contribution in [2.24, 2.45) is 0 Å². The van der Waals surface area contributed by atoms with Gasteiger partial charge in [0.15, 0.2) is 5.76 Å². The van der Waals surface area contributed by atoms with Crippen molar-refractivity contribution in [3.8, 4) is 10.6 Å². The van der Waals surface area contributed by atoms with Gasteiger partial charge in [0.05, 0.1) is 16.2 Å². The summed E-state index contributed by atoms with van der Waals surface area (Å²) >= 11 is 2.87. The molecule has 0 aliphatic rings. The Morgan fingerprint density at radius 3 is 2.84 bits per heavy atom. The summed E-state index contributed by atoms with van der Waals surface area (Å²) in [5.74, 6) is 0.570. The van der Waals surface area contributed by atoms with E-state index in [9.17, 15) is 9.59 Å². The van der Waals surface area contributed by atoms with Gasteiger partial charge in [-0.05, 0) is 30.5 Å². The van der Waals surface area contributed by atoms with Gasteiger partial charge < -0.3 is 9.26 Å². The zero-order valence-corrected chi connectivity index (χ0v) is 15.1. The molecule has 25 heavy (non-hydrogen) atoms. The monoisotopic (exact) mass is 373 g/mol. The van der Waals surface area contributed by atoms with Gasteiger partial charge in [-0.25, -0.2) is 4.79 Å². The first-order chi connectivity index (χ1) is 12.1. The molecule has 0 bridgehead atoms. The van der Waals surface area contributed by atoms with E-state index in [4.69, 9.17) is 9.26 Å². The van der Waals surface area contributed by atoms with E-state index in [1.807, 2.05) is 23.6 Å². The molecule has 5 nitrogen and oxygen atoms in total. The summed E-state index contributed by atoms with van der Waals surface area (Å²) < 4.78 is 10.6. The Hall–Kier alpha value is -2.38. The molecule has 0 unspecified atom stereocenters. The molecule has 0 amide bonds. The van der Waals surface area contributed by atoms with E-state index < -0.39 is 5.97 Å². The molecular weight excluding hydrogens is 358 g/mol. The van der Waals surface area contributed by atoms with Crippen LogP contribution in [0.25, 0.3) is 10.6 Å². The summed E-state index contributed by atoms with van der Waals surface area (Å²) in [4.78, 5) is 25.2. The van der Waals surface area contributed by atoms with E-state index in [0.29, 0.717) is 22.8 Å². The lowest BCUT2D eigenvalue weighted by Gasteiger charge is -2.07. The second-order valence-electron chi connectivity index (χ2n) is 5.22. The Bertz CT molecular complexity index is 871. The van der Waals surface area contributed by atoms with Crippen molar-refractivity contribution in [3.63, 3.8) is 0 Å². The highest BCUT2D eigenvalue weighted by molar-refractivity contribution is 8.00. The number of carbonyl (C=O) groups excluding carboxylic acids is 2. The van der Waals surface area contributed by atoms with Crippen molar-refractivity contribution in [3.05, 3.63) is 59.1 Å². The second-order valence-corrected chi connectivity index (χ2v) is 7.19. The van der Waals surface area contributed by atoms with E-state index in [-0.39, 0.29) is 12.4 Å². The topological polar surface area (TPSA) is 69.4 Å². The molecule has 3 rings (SSSR count). The Morgan fingerprint density at radius 2 is 2.08 bits per heavy atom. The molecule has 2 aromatic heterocycles. The van der Waals surface area contributed by atoms with Gasteiger partial charge in [0.2, 0.25) is 0 Å². The lowest BCUT2D eigenvalue weighted by molar-refractivity contribution is -0.114. The highest BCUT2D eigenvalue weighted by Crippen LogP contribution is 2.26. The quantitative estimate of drug-likeness (QED) is 0.450. The zero-order chi connectivity index (χ0) is 17.6. The average molecular weight is 373 g/mol. The molecule has 0 fully saturated rings. The molecule has 0 N–H and O–H groups in total. The van der Waals surface area contributed by atoms with Crippen LogP contribution in [-0.2, 0) is 16.1 Å². The number of aromatic nitrogens is 1. The fourth-order valence-corrected chi connectivity index (χ4v) is 3.59. The molecule has 0 saturated heterocycles. The van der Waals surface area contributed by atoms with Crippen molar-refractivity contribution >= 4 is 34.9 Å². The maximum atomic E-state index is 12.3. The number of thiophene rings is 1. The third-order valence-electron chi connectivity index (χ3n) is 3.21. The summed E-state index contributed by atoms with van der Waals surface area (Å²) in [7, 11) is 0. The number of carbonyl (C=O) groups is 2. The van der Waals surface area contributed by atoms with Crippen LogP contribution >= 0.6 is 23.1 Å². The minimum absolute atomic E-state index is 0.0272. The smallest absolute Gasteiger partial charge is 0.339 e. The highest BCUT2D eigenvalue weighted by Gasteiger charge is 2.15. The normalized spacial score (nSPS) is 10.6. The van der Waals surface area contributed by atoms with Gasteiger partial charge in [-0.2, -0.15) is 0 Å². The molecule has 3 aromatic rings. The summed E-state index contributed by atoms with van der Waals surface area (Å²) in [6.07, 6.45) is 0. The number of hydrogen-bond donors (Lipinski definition) is 0. The number of ether oxygens (including phenoxy) is 1. The van der Waals surface area contributed by atoms with Crippen LogP contribution in [0.5, 0.6) is 0 Å². The number of nitrogens with zero attached hydrogens (tertiary/aromatic N) is 1. The number of rotatable bonds is 7. The van der Waals surface area contributed by atoms with Crippen molar-refractivity contribution in [2.75, 3.05) is 5.75 Å². The highest BCUT2D eigenvalue weighted by atomic mass is 32.2. The van der Waals surface area contributed by atoms with Crippen LogP contribution in [0.3, 0.4) is 0 Å². The second kappa shape index (κ2) is 8.13. The van der Waals surface area contributed by atoms with E-state index in [1.54, 1.807) is 35.6 Å². The Balaban J connectivity index is 1.64. The molecule has 0 aliphatic carbocycles. The molecular formula is C18H15NO4S2. The number of hydrogen-bond acceptors (Lipinski definition) is 7. The number of esters is 1. The predicted molar refractivity (Wildman–Crippen MR) is 96.8 cm³/mol. The van der Waals surface area contributed by atoms with Crippen LogP contribution in [0, 0.1) is 0 Å². The molecule has 0 atom stereocenters. The van der Waals surface area contributed by atoms with Crippen molar-refractivity contribution in [1.82, 2.24) is 5.16 Å². The summed E-state index contributed by atoms with van der Waals surface area (Å²) in [5.41, 5.74) is 0.987. The van der Waals surface area contributed by atoms with Crippen molar-refractivity contribution in [2.45, 2.75) is 18.4 Å². The fraction of sp³-hybridized carbons (Fsp3) is 0.167. The minimum atomic E-state index is -0.452. The van der Waals surface area contributed by atoms with E-state index in [0.717, 1.165) is 9.77 Å². The first-order valence-corrected chi connectivity index (χ1v) is 9.38. The van der Waals surface area contributed by atoms with Crippen LogP contribution < -0.4 is 0 Å². The van der Waals surface area contributed by atoms with E-state index in [2.05, 4.69) is 5.16 Å². The average Bonchev–Trinajstić information content (AvgIpc) is 3.29. The number of thioether (sulfide) groups is 1. The standard InChI is InChI=1S/C18H15NO4S2/c1-12(20)11-25-16-6-3-2-5-14(16)18(21)22-10-13-9-15(23-19-13)17-7-4-8-24-17/h2-9H,10-11H2,1H3. The lowest BCUT2D eigenvalue weighted by Crippen LogP contribution is -2.07. The van der Waals surface area contributed by atoms with Gasteiger partial charge in [0.25, 0.3) is 0 Å². The molecule has 128 valence electrons. The molecule has 7 heteroatoms. The van der Waals surface area contributed by atoms with Gasteiger partial charge in [-0.15, -0.1) is 23.1 Å². The molecule has 0 spiro atoms. The zero-order valence-electron chi connectivity index (χ0n) is 13.4. The fourth-order valence-electron chi connectivity index (χ4n) is 2.07. The third kappa shape index (κ3) is 4.58. The van der Waals surface area contributed by atoms with Crippen LogP contribution in [0.2, 0.25) is 0 Å². The van der Waals surface area contributed by atoms with Crippen LogP contribution in [0.15, 0.2) is 57.3 Å². The summed E-state index contributed by atoms with van der Waals surface area (Å²) in [6, 6.07) is 12.7. The summed E-state index contributed by atoms with van der Waals surface area (Å²) in [5, 5.41) is 5.88.